The molecule has 0 spiro atoms. The maximum absolute atomic E-state index is 12.2. The molecule has 0 radical (unpaired) electrons. The fraction of sp³-hybridized carbons (Fsp3) is 0.946. The lowest BCUT2D eigenvalue weighted by molar-refractivity contribution is -0.148. The number of esters is 2. The number of unbranched alkanes of at least 4 members (excludes halogenated alkanes) is 19. The summed E-state index contributed by atoms with van der Waals surface area (Å²) >= 11 is 0. The SMILES string of the molecule is CCCCCCCCCOC(=O)CCCCCCCN(CCO)CCCCCCC(C)C(=O)OCCCCCCCCC. The van der Waals surface area contributed by atoms with Gasteiger partial charge in [0.25, 0.3) is 0 Å². The Balaban J connectivity index is 3.65. The van der Waals surface area contributed by atoms with Crippen molar-refractivity contribution in [3.05, 3.63) is 0 Å². The second-order valence-electron chi connectivity index (χ2n) is 12.8. The lowest BCUT2D eigenvalue weighted by atomic mass is 10.0. The second-order valence-corrected chi connectivity index (χ2v) is 12.8. The molecule has 0 bridgehead atoms. The van der Waals surface area contributed by atoms with Gasteiger partial charge in [0.2, 0.25) is 0 Å². The Morgan fingerprint density at radius 3 is 1.53 bits per heavy atom. The highest BCUT2D eigenvalue weighted by Gasteiger charge is 2.14. The van der Waals surface area contributed by atoms with Crippen molar-refractivity contribution in [2.75, 3.05) is 39.5 Å². The molecule has 0 aromatic carbocycles. The van der Waals surface area contributed by atoms with E-state index in [-0.39, 0.29) is 24.5 Å². The van der Waals surface area contributed by atoms with E-state index in [0.29, 0.717) is 19.6 Å². The number of rotatable bonds is 34. The van der Waals surface area contributed by atoms with Gasteiger partial charge in [-0.05, 0) is 51.6 Å². The molecule has 1 unspecified atom stereocenters. The summed E-state index contributed by atoms with van der Waals surface area (Å²) in [7, 11) is 0. The predicted octanol–water partition coefficient (Wildman–Crippen LogP) is 9.80. The van der Waals surface area contributed by atoms with Crippen molar-refractivity contribution in [3.63, 3.8) is 0 Å². The van der Waals surface area contributed by atoms with Crippen LogP contribution in [0.4, 0.5) is 0 Å². The lowest BCUT2D eigenvalue weighted by Gasteiger charge is -2.21. The first-order valence-corrected chi connectivity index (χ1v) is 18.7. The zero-order valence-electron chi connectivity index (χ0n) is 29.0. The number of hydrogen-bond acceptors (Lipinski definition) is 6. The normalized spacial score (nSPS) is 12.1. The van der Waals surface area contributed by atoms with E-state index < -0.39 is 0 Å². The average Bonchev–Trinajstić information content (AvgIpc) is 3.00. The molecule has 0 saturated carbocycles. The molecule has 6 nitrogen and oxygen atoms in total. The van der Waals surface area contributed by atoms with Gasteiger partial charge in [-0.15, -0.1) is 0 Å². The summed E-state index contributed by atoms with van der Waals surface area (Å²) < 4.78 is 10.9. The molecule has 0 aliphatic carbocycles. The smallest absolute Gasteiger partial charge is 0.308 e. The summed E-state index contributed by atoms with van der Waals surface area (Å²) in [6.07, 6.45) is 28.7. The van der Waals surface area contributed by atoms with Gasteiger partial charge in [-0.1, -0.05) is 136 Å². The van der Waals surface area contributed by atoms with Crippen LogP contribution < -0.4 is 0 Å². The molecule has 43 heavy (non-hydrogen) atoms. The zero-order valence-corrected chi connectivity index (χ0v) is 29.0. The Morgan fingerprint density at radius 1 is 0.558 bits per heavy atom. The Hall–Kier alpha value is -1.14. The van der Waals surface area contributed by atoms with Gasteiger partial charge in [-0.25, -0.2) is 0 Å². The third-order valence-corrected chi connectivity index (χ3v) is 8.54. The number of nitrogens with zero attached hydrogens (tertiary/aromatic N) is 1. The van der Waals surface area contributed by atoms with Crippen LogP contribution >= 0.6 is 0 Å². The monoisotopic (exact) mass is 612 g/mol. The first kappa shape index (κ1) is 41.9. The Kier molecular flexibility index (Phi) is 32.9. The molecular weight excluding hydrogens is 538 g/mol. The van der Waals surface area contributed by atoms with Crippen LogP contribution in [0.2, 0.25) is 0 Å². The van der Waals surface area contributed by atoms with E-state index in [2.05, 4.69) is 18.7 Å². The molecule has 1 atom stereocenters. The summed E-state index contributed by atoms with van der Waals surface area (Å²) in [5.41, 5.74) is 0. The van der Waals surface area contributed by atoms with Crippen LogP contribution in [0.25, 0.3) is 0 Å². The van der Waals surface area contributed by atoms with Crippen molar-refractivity contribution < 1.29 is 24.2 Å². The fourth-order valence-electron chi connectivity index (χ4n) is 5.56. The summed E-state index contributed by atoms with van der Waals surface area (Å²) in [4.78, 5) is 26.5. The third-order valence-electron chi connectivity index (χ3n) is 8.54. The van der Waals surface area contributed by atoms with Gasteiger partial charge in [-0.2, -0.15) is 0 Å². The molecular formula is C37H73NO5. The molecule has 0 aromatic heterocycles. The average molecular weight is 612 g/mol. The summed E-state index contributed by atoms with van der Waals surface area (Å²) in [6.45, 7) is 10.6. The first-order valence-electron chi connectivity index (χ1n) is 18.7. The maximum Gasteiger partial charge on any atom is 0.308 e. The van der Waals surface area contributed by atoms with Crippen molar-refractivity contribution in [3.8, 4) is 0 Å². The largest absolute Gasteiger partial charge is 0.466 e. The molecule has 0 rings (SSSR count). The predicted molar refractivity (Wildman–Crippen MR) is 181 cm³/mol. The minimum absolute atomic E-state index is 0.00371. The van der Waals surface area contributed by atoms with Crippen molar-refractivity contribution in [2.24, 2.45) is 5.92 Å². The van der Waals surface area contributed by atoms with E-state index in [1.165, 1.54) is 77.0 Å². The van der Waals surface area contributed by atoms with Gasteiger partial charge in [0.15, 0.2) is 0 Å². The van der Waals surface area contributed by atoms with Crippen molar-refractivity contribution >= 4 is 11.9 Å². The van der Waals surface area contributed by atoms with E-state index in [1.807, 2.05) is 6.92 Å². The van der Waals surface area contributed by atoms with Gasteiger partial charge in [0.05, 0.1) is 25.7 Å². The van der Waals surface area contributed by atoms with Crippen molar-refractivity contribution in [1.29, 1.82) is 0 Å². The number of carbonyl (C=O) groups is 2. The van der Waals surface area contributed by atoms with Gasteiger partial charge in [-0.3, -0.25) is 9.59 Å². The highest BCUT2D eigenvalue weighted by atomic mass is 16.5. The fourth-order valence-corrected chi connectivity index (χ4v) is 5.56. The van der Waals surface area contributed by atoms with Crippen LogP contribution in [0.3, 0.4) is 0 Å². The lowest BCUT2D eigenvalue weighted by Crippen LogP contribution is -2.29. The minimum atomic E-state index is -0.0340. The van der Waals surface area contributed by atoms with Crippen LogP contribution in [-0.2, 0) is 19.1 Å². The molecule has 256 valence electrons. The molecule has 1 N–H and O–H groups in total. The summed E-state index contributed by atoms with van der Waals surface area (Å²) in [5, 5.41) is 9.46. The number of aliphatic hydroxyl groups excluding tert-OH is 1. The van der Waals surface area contributed by atoms with E-state index in [9.17, 15) is 14.7 Å². The van der Waals surface area contributed by atoms with Gasteiger partial charge < -0.3 is 19.5 Å². The van der Waals surface area contributed by atoms with E-state index in [0.717, 1.165) is 96.7 Å². The highest BCUT2D eigenvalue weighted by molar-refractivity contribution is 5.71. The Bertz CT molecular complexity index is 600. The molecule has 0 heterocycles. The van der Waals surface area contributed by atoms with Crippen LogP contribution in [-0.4, -0.2) is 61.4 Å². The van der Waals surface area contributed by atoms with E-state index >= 15 is 0 Å². The summed E-state index contributed by atoms with van der Waals surface area (Å²) in [5.74, 6) is -0.0665. The molecule has 0 aliphatic rings. The zero-order chi connectivity index (χ0) is 31.6. The van der Waals surface area contributed by atoms with E-state index in [4.69, 9.17) is 9.47 Å². The standard InChI is InChI=1S/C37H73NO5/c1-4-6-8-10-12-19-25-33-42-36(40)28-22-15-14-17-23-29-38(31-32-39)30-24-18-16-21-27-35(3)37(41)43-34-26-20-13-11-9-7-5-2/h35,39H,4-34H2,1-3H3. The van der Waals surface area contributed by atoms with E-state index in [1.54, 1.807) is 0 Å². The third kappa shape index (κ3) is 30.7. The van der Waals surface area contributed by atoms with Crippen LogP contribution in [0, 0.1) is 5.92 Å². The van der Waals surface area contributed by atoms with Gasteiger partial charge >= 0.3 is 11.9 Å². The molecule has 0 aromatic rings. The van der Waals surface area contributed by atoms with Gasteiger partial charge in [0.1, 0.15) is 0 Å². The molecule has 0 aliphatic heterocycles. The first-order chi connectivity index (χ1) is 21.0. The Morgan fingerprint density at radius 2 is 1.00 bits per heavy atom. The molecule has 0 fully saturated rings. The number of hydrogen-bond donors (Lipinski definition) is 1. The minimum Gasteiger partial charge on any atom is -0.466 e. The maximum atomic E-state index is 12.2. The number of carbonyl (C=O) groups excluding carboxylic acids is 2. The van der Waals surface area contributed by atoms with Crippen molar-refractivity contribution in [1.82, 2.24) is 4.90 Å². The number of aliphatic hydroxyl groups is 1. The van der Waals surface area contributed by atoms with Crippen LogP contribution in [0.5, 0.6) is 0 Å². The van der Waals surface area contributed by atoms with Crippen LogP contribution in [0.15, 0.2) is 0 Å². The number of ether oxygens (including phenoxy) is 2. The molecule has 0 saturated heterocycles. The Labute approximate surface area is 267 Å². The molecule has 0 amide bonds. The summed E-state index contributed by atoms with van der Waals surface area (Å²) in [6, 6.07) is 0. The van der Waals surface area contributed by atoms with Crippen LogP contribution in [0.1, 0.15) is 181 Å². The second kappa shape index (κ2) is 33.7. The highest BCUT2D eigenvalue weighted by Crippen LogP contribution is 2.14. The topological polar surface area (TPSA) is 76.1 Å². The van der Waals surface area contributed by atoms with Gasteiger partial charge in [0, 0.05) is 13.0 Å². The van der Waals surface area contributed by atoms with Crippen molar-refractivity contribution in [2.45, 2.75) is 181 Å². The molecule has 6 heteroatoms. The quantitative estimate of drug-likeness (QED) is 0.0576.